The van der Waals surface area contributed by atoms with E-state index in [1.165, 1.54) is 36.8 Å². The highest BCUT2D eigenvalue weighted by Crippen LogP contribution is 2.35. The molecule has 0 aromatic carbocycles. The molecule has 1 saturated carbocycles. The van der Waals surface area contributed by atoms with Gasteiger partial charge in [0.15, 0.2) is 0 Å². The number of nitrogens with zero attached hydrogens (tertiary/aromatic N) is 1. The van der Waals surface area contributed by atoms with E-state index in [-0.39, 0.29) is 6.04 Å². The number of aromatic nitrogens is 1. The summed E-state index contributed by atoms with van der Waals surface area (Å²) in [6.07, 6.45) is 10.2. The number of nitrogens with two attached hydrogens (primary N) is 1. The molecule has 0 radical (unpaired) electrons. The second kappa shape index (κ2) is 4.75. The largest absolute Gasteiger partial charge is 0.324 e. The van der Waals surface area contributed by atoms with Gasteiger partial charge in [0.2, 0.25) is 0 Å². The van der Waals surface area contributed by atoms with Crippen LogP contribution in [0.4, 0.5) is 0 Å². The zero-order valence-electron chi connectivity index (χ0n) is 9.45. The van der Waals surface area contributed by atoms with E-state index in [1.54, 1.807) is 0 Å². The van der Waals surface area contributed by atoms with Crippen molar-refractivity contribution in [2.75, 3.05) is 0 Å². The summed E-state index contributed by atoms with van der Waals surface area (Å²) in [6.45, 7) is 2.17. The molecule has 0 amide bonds. The molecule has 2 nitrogen and oxygen atoms in total. The first-order valence-electron chi connectivity index (χ1n) is 6.01. The van der Waals surface area contributed by atoms with E-state index in [0.717, 1.165) is 6.42 Å². The van der Waals surface area contributed by atoms with E-state index < -0.39 is 0 Å². The molecular formula is C13H20N2. The van der Waals surface area contributed by atoms with Crippen molar-refractivity contribution in [1.82, 2.24) is 4.98 Å². The summed E-state index contributed by atoms with van der Waals surface area (Å²) in [7, 11) is 0. The molecule has 1 heterocycles. The van der Waals surface area contributed by atoms with Crippen LogP contribution < -0.4 is 5.73 Å². The zero-order chi connectivity index (χ0) is 10.7. The molecular weight excluding hydrogens is 184 g/mol. The summed E-state index contributed by atoms with van der Waals surface area (Å²) in [5.74, 6) is 0.692. The Balaban J connectivity index is 2.19. The van der Waals surface area contributed by atoms with E-state index in [0.29, 0.717) is 5.92 Å². The minimum Gasteiger partial charge on any atom is -0.324 e. The van der Waals surface area contributed by atoms with Gasteiger partial charge in [0.05, 0.1) is 0 Å². The van der Waals surface area contributed by atoms with E-state index in [2.05, 4.69) is 18.0 Å². The number of hydrogen-bond donors (Lipinski definition) is 1. The van der Waals surface area contributed by atoms with Crippen molar-refractivity contribution in [3.8, 4) is 0 Å². The molecule has 0 aliphatic heterocycles. The predicted molar refractivity (Wildman–Crippen MR) is 62.5 cm³/mol. The van der Waals surface area contributed by atoms with E-state index in [4.69, 9.17) is 5.73 Å². The average Bonchev–Trinajstić information content (AvgIpc) is 2.81. The summed E-state index contributed by atoms with van der Waals surface area (Å²) in [5, 5.41) is 0. The fourth-order valence-corrected chi connectivity index (χ4v) is 2.63. The van der Waals surface area contributed by atoms with Crippen LogP contribution in [0.25, 0.3) is 0 Å². The predicted octanol–water partition coefficient (Wildman–Crippen LogP) is 2.83. The number of rotatable bonds is 3. The summed E-state index contributed by atoms with van der Waals surface area (Å²) in [5.41, 5.74) is 8.98. The van der Waals surface area contributed by atoms with Crippen molar-refractivity contribution in [3.05, 3.63) is 29.6 Å². The maximum atomic E-state index is 6.35. The third kappa shape index (κ3) is 2.20. The lowest BCUT2D eigenvalue weighted by molar-refractivity contribution is 0.442. The summed E-state index contributed by atoms with van der Waals surface area (Å²) in [4.78, 5) is 4.17. The van der Waals surface area contributed by atoms with Gasteiger partial charge in [0.1, 0.15) is 0 Å². The first-order chi connectivity index (χ1) is 7.33. The molecule has 1 aliphatic rings. The Morgan fingerprint density at radius 1 is 1.47 bits per heavy atom. The third-order valence-corrected chi connectivity index (χ3v) is 3.59. The van der Waals surface area contributed by atoms with Gasteiger partial charge in [-0.2, -0.15) is 0 Å². The normalized spacial score (nSPS) is 19.3. The maximum absolute atomic E-state index is 6.35. The van der Waals surface area contributed by atoms with Crippen LogP contribution in [0, 0.1) is 5.92 Å². The first-order valence-corrected chi connectivity index (χ1v) is 6.01. The van der Waals surface area contributed by atoms with Crippen LogP contribution in [0.5, 0.6) is 0 Å². The maximum Gasteiger partial charge on any atom is 0.0327 e. The average molecular weight is 204 g/mol. The smallest absolute Gasteiger partial charge is 0.0327 e. The molecule has 0 spiro atoms. The summed E-state index contributed by atoms with van der Waals surface area (Å²) >= 11 is 0. The van der Waals surface area contributed by atoms with E-state index >= 15 is 0 Å². The van der Waals surface area contributed by atoms with Crippen molar-refractivity contribution < 1.29 is 0 Å². The van der Waals surface area contributed by atoms with Crippen molar-refractivity contribution in [2.45, 2.75) is 45.1 Å². The molecule has 1 aromatic heterocycles. The van der Waals surface area contributed by atoms with Crippen LogP contribution in [-0.4, -0.2) is 4.98 Å². The molecule has 1 unspecified atom stereocenters. The molecule has 2 heteroatoms. The second-order valence-corrected chi connectivity index (χ2v) is 4.50. The molecule has 1 aromatic rings. The van der Waals surface area contributed by atoms with Crippen molar-refractivity contribution in [2.24, 2.45) is 11.7 Å². The number of aryl methyl sites for hydroxylation is 1. The third-order valence-electron chi connectivity index (χ3n) is 3.59. The van der Waals surface area contributed by atoms with Gasteiger partial charge in [-0.3, -0.25) is 4.98 Å². The Morgan fingerprint density at radius 3 is 2.87 bits per heavy atom. The fourth-order valence-electron chi connectivity index (χ4n) is 2.63. The number of hydrogen-bond acceptors (Lipinski definition) is 2. The van der Waals surface area contributed by atoms with Crippen LogP contribution in [0.2, 0.25) is 0 Å². The fraction of sp³-hybridized carbons (Fsp3) is 0.615. The summed E-state index contributed by atoms with van der Waals surface area (Å²) in [6, 6.07) is 2.33. The van der Waals surface area contributed by atoms with Gasteiger partial charge in [0, 0.05) is 18.4 Å². The Hall–Kier alpha value is -0.890. The molecule has 0 saturated heterocycles. The van der Waals surface area contributed by atoms with Gasteiger partial charge >= 0.3 is 0 Å². The highest BCUT2D eigenvalue weighted by atomic mass is 14.7. The topological polar surface area (TPSA) is 38.9 Å². The Bertz CT molecular complexity index is 316. The van der Waals surface area contributed by atoms with Crippen molar-refractivity contribution in [3.63, 3.8) is 0 Å². The van der Waals surface area contributed by atoms with Crippen LogP contribution in [-0.2, 0) is 6.42 Å². The van der Waals surface area contributed by atoms with Gasteiger partial charge < -0.3 is 5.73 Å². The zero-order valence-corrected chi connectivity index (χ0v) is 9.45. The minimum absolute atomic E-state index is 0.227. The Labute approximate surface area is 91.9 Å². The second-order valence-electron chi connectivity index (χ2n) is 4.50. The lowest BCUT2D eigenvalue weighted by Crippen LogP contribution is -2.20. The molecule has 1 atom stereocenters. The Morgan fingerprint density at radius 2 is 2.20 bits per heavy atom. The van der Waals surface area contributed by atoms with Gasteiger partial charge in [-0.1, -0.05) is 19.8 Å². The van der Waals surface area contributed by atoms with Crippen LogP contribution in [0.1, 0.15) is 49.8 Å². The summed E-state index contributed by atoms with van der Waals surface area (Å²) < 4.78 is 0. The van der Waals surface area contributed by atoms with Crippen LogP contribution in [0.3, 0.4) is 0 Å². The SMILES string of the molecule is CCc1cnccc1C(N)C1CCCC1. The van der Waals surface area contributed by atoms with Gasteiger partial charge in [0.25, 0.3) is 0 Å². The molecule has 0 bridgehead atoms. The number of pyridine rings is 1. The van der Waals surface area contributed by atoms with Crippen molar-refractivity contribution in [1.29, 1.82) is 0 Å². The Kier molecular flexibility index (Phi) is 3.37. The molecule has 15 heavy (non-hydrogen) atoms. The van der Waals surface area contributed by atoms with Gasteiger partial charge in [-0.25, -0.2) is 0 Å². The molecule has 1 aliphatic carbocycles. The quantitative estimate of drug-likeness (QED) is 0.822. The lowest BCUT2D eigenvalue weighted by atomic mass is 9.90. The lowest BCUT2D eigenvalue weighted by Gasteiger charge is -2.21. The molecule has 82 valence electrons. The van der Waals surface area contributed by atoms with Crippen LogP contribution in [0.15, 0.2) is 18.5 Å². The molecule has 1 fully saturated rings. The van der Waals surface area contributed by atoms with E-state index in [1.807, 2.05) is 12.4 Å². The standard InChI is InChI=1S/C13H20N2/c1-2-10-9-15-8-7-12(10)13(14)11-5-3-4-6-11/h7-9,11,13H,2-6,14H2,1H3. The minimum atomic E-state index is 0.227. The highest BCUT2D eigenvalue weighted by molar-refractivity contribution is 5.27. The van der Waals surface area contributed by atoms with Crippen LogP contribution >= 0.6 is 0 Å². The highest BCUT2D eigenvalue weighted by Gasteiger charge is 2.24. The molecule has 2 N–H and O–H groups in total. The first kappa shape index (κ1) is 10.6. The van der Waals surface area contributed by atoms with Crippen molar-refractivity contribution >= 4 is 0 Å². The van der Waals surface area contributed by atoms with E-state index in [9.17, 15) is 0 Å². The van der Waals surface area contributed by atoms with Gasteiger partial charge in [-0.15, -0.1) is 0 Å². The monoisotopic (exact) mass is 204 g/mol. The molecule has 2 rings (SSSR count). The van der Waals surface area contributed by atoms with Gasteiger partial charge in [-0.05, 0) is 42.4 Å².